The largest absolute Gasteiger partial charge is 0.482 e. The topological polar surface area (TPSA) is 66.2 Å². The summed E-state index contributed by atoms with van der Waals surface area (Å²) in [5, 5.41) is 0. The Bertz CT molecular complexity index is 1250. The molecule has 0 bridgehead atoms. The summed E-state index contributed by atoms with van der Waals surface area (Å²) in [7, 11) is 0. The molecule has 7 nitrogen and oxygen atoms in total. The Morgan fingerprint density at radius 2 is 1.71 bits per heavy atom. The third-order valence-electron chi connectivity index (χ3n) is 6.10. The van der Waals surface area contributed by atoms with E-state index < -0.39 is 11.7 Å². The van der Waals surface area contributed by atoms with Crippen molar-refractivity contribution < 1.29 is 31.9 Å². The fourth-order valence-electron chi connectivity index (χ4n) is 4.26. The molecule has 2 aliphatic rings. The number of amides is 2. The summed E-state index contributed by atoms with van der Waals surface area (Å²) in [6.45, 7) is 1.59. The highest BCUT2D eigenvalue weighted by Crippen LogP contribution is 2.33. The molecule has 35 heavy (non-hydrogen) atoms. The van der Waals surface area contributed by atoms with Gasteiger partial charge in [-0.05, 0) is 42.5 Å². The molecular weight excluding hydrogens is 463 g/mol. The number of halogens is 3. The summed E-state index contributed by atoms with van der Waals surface area (Å²) < 4.78 is 50.3. The zero-order chi connectivity index (χ0) is 24.6. The number of furan rings is 1. The second kappa shape index (κ2) is 9.01. The molecule has 1 saturated heterocycles. The number of anilines is 2. The average Bonchev–Trinajstić information content (AvgIpc) is 3.34. The van der Waals surface area contributed by atoms with Crippen LogP contribution in [0.3, 0.4) is 0 Å². The predicted molar refractivity (Wildman–Crippen MR) is 121 cm³/mol. The molecule has 2 aromatic carbocycles. The Balaban J connectivity index is 1.22. The quantitative estimate of drug-likeness (QED) is 0.555. The molecule has 2 aliphatic heterocycles. The van der Waals surface area contributed by atoms with Crippen molar-refractivity contribution in [2.45, 2.75) is 12.7 Å². The van der Waals surface area contributed by atoms with E-state index >= 15 is 0 Å². The van der Waals surface area contributed by atoms with Crippen molar-refractivity contribution in [2.75, 3.05) is 42.6 Å². The van der Waals surface area contributed by atoms with Gasteiger partial charge in [0.1, 0.15) is 11.5 Å². The van der Waals surface area contributed by atoms with Gasteiger partial charge >= 0.3 is 6.18 Å². The molecule has 0 saturated carbocycles. The number of rotatable bonds is 4. The highest BCUT2D eigenvalue weighted by molar-refractivity contribution is 5.97. The zero-order valence-electron chi connectivity index (χ0n) is 18.6. The molecule has 3 aromatic rings. The Morgan fingerprint density at radius 3 is 2.49 bits per heavy atom. The van der Waals surface area contributed by atoms with E-state index in [1.54, 1.807) is 40.1 Å². The molecule has 182 valence electrons. The van der Waals surface area contributed by atoms with Crippen LogP contribution in [0.5, 0.6) is 5.75 Å². The van der Waals surface area contributed by atoms with Gasteiger partial charge in [0.15, 0.2) is 12.4 Å². The summed E-state index contributed by atoms with van der Waals surface area (Å²) in [5.41, 5.74) is 0.416. The van der Waals surface area contributed by atoms with E-state index in [-0.39, 0.29) is 30.7 Å². The first-order valence-electron chi connectivity index (χ1n) is 11.1. The first kappa shape index (κ1) is 22.8. The van der Waals surface area contributed by atoms with Gasteiger partial charge in [0.05, 0.1) is 17.8 Å². The highest BCUT2D eigenvalue weighted by Gasteiger charge is 2.32. The predicted octanol–water partition coefficient (Wildman–Crippen LogP) is 4.19. The number of carbonyl (C=O) groups excluding carboxylic acids is 2. The van der Waals surface area contributed by atoms with E-state index in [0.717, 1.165) is 12.1 Å². The van der Waals surface area contributed by atoms with E-state index in [9.17, 15) is 22.8 Å². The molecule has 5 rings (SSSR count). The Hall–Kier alpha value is -3.95. The van der Waals surface area contributed by atoms with Crippen molar-refractivity contribution in [2.24, 2.45) is 0 Å². The van der Waals surface area contributed by atoms with Crippen LogP contribution in [0.25, 0.3) is 0 Å². The van der Waals surface area contributed by atoms with Gasteiger partial charge in [0.2, 0.25) is 0 Å². The number of fused-ring (bicyclic) bond motifs is 1. The second-order valence-electron chi connectivity index (χ2n) is 8.33. The van der Waals surface area contributed by atoms with Crippen LogP contribution in [0, 0.1) is 0 Å². The van der Waals surface area contributed by atoms with Crippen LogP contribution >= 0.6 is 0 Å². The highest BCUT2D eigenvalue weighted by atomic mass is 19.4. The van der Waals surface area contributed by atoms with Crippen molar-refractivity contribution in [1.82, 2.24) is 4.90 Å². The van der Waals surface area contributed by atoms with Crippen LogP contribution < -0.4 is 14.5 Å². The summed E-state index contributed by atoms with van der Waals surface area (Å²) in [6.07, 6.45) is -4.40. The third-order valence-corrected chi connectivity index (χ3v) is 6.10. The van der Waals surface area contributed by atoms with Crippen LogP contribution in [0.4, 0.5) is 24.5 Å². The lowest BCUT2D eigenvalue weighted by molar-refractivity contribution is -0.137. The van der Waals surface area contributed by atoms with Crippen molar-refractivity contribution in [3.05, 3.63) is 77.7 Å². The van der Waals surface area contributed by atoms with Gasteiger partial charge in [-0.1, -0.05) is 18.2 Å². The molecule has 0 spiro atoms. The van der Waals surface area contributed by atoms with E-state index in [0.29, 0.717) is 49.1 Å². The van der Waals surface area contributed by atoms with E-state index in [4.69, 9.17) is 9.15 Å². The first-order chi connectivity index (χ1) is 16.8. The maximum absolute atomic E-state index is 13.0. The van der Waals surface area contributed by atoms with Crippen LogP contribution in [-0.4, -0.2) is 49.5 Å². The number of carbonyl (C=O) groups is 2. The lowest BCUT2D eigenvalue weighted by Crippen LogP contribution is -2.48. The van der Waals surface area contributed by atoms with Crippen molar-refractivity contribution in [3.63, 3.8) is 0 Å². The molecule has 0 radical (unpaired) electrons. The molecule has 10 heteroatoms. The lowest BCUT2D eigenvalue weighted by Gasteiger charge is -2.36. The lowest BCUT2D eigenvalue weighted by atomic mass is 10.1. The van der Waals surface area contributed by atoms with Gasteiger partial charge in [0, 0.05) is 31.9 Å². The zero-order valence-corrected chi connectivity index (χ0v) is 18.6. The third kappa shape index (κ3) is 4.68. The second-order valence-corrected chi connectivity index (χ2v) is 8.33. The molecule has 2 amide bonds. The number of alkyl halides is 3. The molecular formula is C25H22F3N3O4. The summed E-state index contributed by atoms with van der Waals surface area (Å²) in [5.74, 6) is 0.712. The Kier molecular flexibility index (Phi) is 5.88. The molecule has 3 heterocycles. The monoisotopic (exact) mass is 485 g/mol. The summed E-state index contributed by atoms with van der Waals surface area (Å²) in [4.78, 5) is 30.3. The van der Waals surface area contributed by atoms with Gasteiger partial charge < -0.3 is 19.0 Å². The van der Waals surface area contributed by atoms with E-state index in [1.807, 2.05) is 17.0 Å². The van der Waals surface area contributed by atoms with Crippen molar-refractivity contribution >= 4 is 23.2 Å². The van der Waals surface area contributed by atoms with E-state index in [2.05, 4.69) is 0 Å². The number of hydrogen-bond acceptors (Lipinski definition) is 5. The van der Waals surface area contributed by atoms with Crippen molar-refractivity contribution in [1.29, 1.82) is 0 Å². The van der Waals surface area contributed by atoms with Gasteiger partial charge in [-0.2, -0.15) is 13.2 Å². The number of nitrogens with zero attached hydrogens (tertiary/aromatic N) is 3. The van der Waals surface area contributed by atoms with Crippen LogP contribution in [-0.2, 0) is 17.5 Å². The van der Waals surface area contributed by atoms with Crippen LogP contribution in [0.15, 0.2) is 65.1 Å². The number of ether oxygens (including phenoxy) is 1. The molecule has 0 atom stereocenters. The summed E-state index contributed by atoms with van der Waals surface area (Å²) in [6, 6.07) is 15.6. The molecule has 1 fully saturated rings. The van der Waals surface area contributed by atoms with Gasteiger partial charge in [-0.3, -0.25) is 14.5 Å². The fraction of sp³-hybridized carbons (Fsp3) is 0.280. The van der Waals surface area contributed by atoms with Gasteiger partial charge in [-0.25, -0.2) is 0 Å². The normalized spacial score (nSPS) is 16.2. The van der Waals surface area contributed by atoms with Crippen LogP contribution in [0.1, 0.15) is 21.9 Å². The average molecular weight is 485 g/mol. The molecule has 0 N–H and O–H groups in total. The van der Waals surface area contributed by atoms with Gasteiger partial charge in [0.25, 0.3) is 11.8 Å². The number of piperazine rings is 1. The first-order valence-corrected chi connectivity index (χ1v) is 11.1. The van der Waals surface area contributed by atoms with E-state index in [1.165, 1.54) is 6.07 Å². The minimum Gasteiger partial charge on any atom is -0.482 e. The minimum absolute atomic E-state index is 0.0698. The molecule has 0 unspecified atom stereocenters. The number of hydrogen-bond donors (Lipinski definition) is 0. The fourth-order valence-corrected chi connectivity index (χ4v) is 4.26. The Labute approximate surface area is 199 Å². The number of para-hydroxylation sites is 2. The SMILES string of the molecule is O=C(c1ccc(CN2C(=O)COc3ccccc32)o1)N1CCN(c2cccc(C(F)(F)F)c2)CC1. The molecule has 0 aliphatic carbocycles. The number of benzene rings is 2. The Morgan fingerprint density at radius 1 is 0.943 bits per heavy atom. The minimum atomic E-state index is -4.40. The van der Waals surface area contributed by atoms with Crippen molar-refractivity contribution in [3.8, 4) is 5.75 Å². The maximum Gasteiger partial charge on any atom is 0.416 e. The smallest absolute Gasteiger partial charge is 0.416 e. The summed E-state index contributed by atoms with van der Waals surface area (Å²) >= 11 is 0. The van der Waals surface area contributed by atoms with Crippen LogP contribution in [0.2, 0.25) is 0 Å². The van der Waals surface area contributed by atoms with Gasteiger partial charge in [-0.15, -0.1) is 0 Å². The standard InChI is InChI=1S/C25H22F3N3O4/c26-25(27,28)17-4-3-5-18(14-17)29-10-12-30(13-11-29)24(33)22-9-8-19(35-22)15-31-20-6-1-2-7-21(20)34-16-23(31)32/h1-9,14H,10-13,15-16H2. The molecule has 1 aromatic heterocycles. The maximum atomic E-state index is 13.0.